The van der Waals surface area contributed by atoms with Crippen LogP contribution in [0.4, 0.5) is 0 Å². The Morgan fingerprint density at radius 1 is 1.05 bits per heavy atom. The van der Waals surface area contributed by atoms with Gasteiger partial charge in [-0.2, -0.15) is 5.21 Å². The monoisotopic (exact) mass is 516 g/mol. The van der Waals surface area contributed by atoms with Gasteiger partial charge in [-0.3, -0.25) is 0 Å². The third-order valence-corrected chi connectivity index (χ3v) is 7.35. The second-order valence-corrected chi connectivity index (χ2v) is 10.8. The van der Waals surface area contributed by atoms with E-state index < -0.39 is 6.10 Å². The van der Waals surface area contributed by atoms with Gasteiger partial charge in [-0.15, -0.1) is 21.5 Å². The molecule has 37 heavy (non-hydrogen) atoms. The third-order valence-electron chi connectivity index (χ3n) is 6.45. The number of nitrogens with zero attached hydrogens (tertiary/aromatic N) is 3. The number of ether oxygens (including phenoxy) is 1. The fourth-order valence-corrected chi connectivity index (χ4v) is 5.33. The largest absolute Gasteiger partial charge is 0.490 e. The van der Waals surface area contributed by atoms with Gasteiger partial charge in [-0.25, -0.2) is 0 Å². The highest BCUT2D eigenvalue weighted by molar-refractivity contribution is 7.13. The summed E-state index contributed by atoms with van der Waals surface area (Å²) in [5, 5.41) is 31.7. The molecule has 2 aromatic carbocycles. The maximum atomic E-state index is 10.7. The lowest BCUT2D eigenvalue weighted by atomic mass is 9.93. The smallest absolute Gasteiger partial charge is 0.174 e. The molecule has 0 fully saturated rings. The van der Waals surface area contributed by atoms with Crippen molar-refractivity contribution in [1.29, 1.82) is 0 Å². The van der Waals surface area contributed by atoms with E-state index in [1.807, 2.05) is 30.3 Å². The molecule has 0 bridgehead atoms. The number of fused-ring (bicyclic) bond motifs is 1. The van der Waals surface area contributed by atoms with Crippen LogP contribution in [0.15, 0.2) is 66.2 Å². The minimum Gasteiger partial charge on any atom is -0.490 e. The zero-order chi connectivity index (χ0) is 25.7. The number of hydrogen-bond acceptors (Lipinski definition) is 7. The number of β-amino-alcohol motifs (C(OH)–C–C–N with tert-alkyl or cyclic N) is 1. The number of aliphatic hydroxyl groups is 1. The molecular formula is C28H32N6O2S. The van der Waals surface area contributed by atoms with E-state index >= 15 is 0 Å². The number of aromatic amines is 2. The molecule has 0 radical (unpaired) electrons. The van der Waals surface area contributed by atoms with Crippen LogP contribution in [0.25, 0.3) is 21.3 Å². The Kier molecular flexibility index (Phi) is 7.64. The van der Waals surface area contributed by atoms with Crippen molar-refractivity contribution in [3.63, 3.8) is 0 Å². The SMILES string of the molecule is CC(C)(Cc1c[nH]c2c(CCc3nn[nH]n3)cccc12)NC[C@H](O)COc1ccccc1-c1cccs1. The predicted octanol–water partition coefficient (Wildman–Crippen LogP) is 4.55. The first kappa shape index (κ1) is 25.1. The number of benzene rings is 2. The van der Waals surface area contributed by atoms with Crippen LogP contribution in [-0.2, 0) is 19.3 Å². The molecule has 0 spiro atoms. The van der Waals surface area contributed by atoms with Gasteiger partial charge in [0.25, 0.3) is 0 Å². The molecule has 0 unspecified atom stereocenters. The molecule has 0 amide bonds. The summed E-state index contributed by atoms with van der Waals surface area (Å²) in [5.41, 5.74) is 4.45. The summed E-state index contributed by atoms with van der Waals surface area (Å²) in [5.74, 6) is 1.50. The summed E-state index contributed by atoms with van der Waals surface area (Å²) in [6, 6.07) is 18.5. The van der Waals surface area contributed by atoms with Gasteiger partial charge in [0.15, 0.2) is 5.82 Å². The maximum Gasteiger partial charge on any atom is 0.174 e. The minimum atomic E-state index is -0.629. The van der Waals surface area contributed by atoms with Gasteiger partial charge in [0.1, 0.15) is 18.5 Å². The van der Waals surface area contributed by atoms with Crippen molar-refractivity contribution in [2.24, 2.45) is 0 Å². The average molecular weight is 517 g/mol. The molecule has 8 nitrogen and oxygen atoms in total. The van der Waals surface area contributed by atoms with Gasteiger partial charge in [-0.1, -0.05) is 41.6 Å². The van der Waals surface area contributed by atoms with Crippen molar-refractivity contribution >= 4 is 22.2 Å². The molecule has 3 aromatic heterocycles. The van der Waals surface area contributed by atoms with E-state index in [1.165, 1.54) is 16.5 Å². The van der Waals surface area contributed by atoms with Crippen molar-refractivity contribution in [3.8, 4) is 16.2 Å². The molecule has 5 aromatic rings. The van der Waals surface area contributed by atoms with E-state index in [0.29, 0.717) is 12.4 Å². The van der Waals surface area contributed by atoms with Crippen LogP contribution in [0, 0.1) is 0 Å². The van der Waals surface area contributed by atoms with Crippen molar-refractivity contribution in [3.05, 3.63) is 83.1 Å². The first-order valence-corrected chi connectivity index (χ1v) is 13.4. The van der Waals surface area contributed by atoms with Crippen molar-refractivity contribution in [1.82, 2.24) is 30.9 Å². The zero-order valence-corrected chi connectivity index (χ0v) is 21.9. The van der Waals surface area contributed by atoms with Crippen LogP contribution in [-0.4, -0.2) is 55.5 Å². The Hall–Kier alpha value is -3.53. The molecule has 0 saturated heterocycles. The minimum absolute atomic E-state index is 0.217. The number of H-pyrrole nitrogens is 2. The highest BCUT2D eigenvalue weighted by atomic mass is 32.1. The van der Waals surface area contributed by atoms with Crippen LogP contribution in [0.5, 0.6) is 5.75 Å². The molecule has 5 rings (SSSR count). The molecule has 0 aliphatic heterocycles. The summed E-state index contributed by atoms with van der Waals surface area (Å²) in [6.07, 6.45) is 3.84. The number of aryl methyl sites for hydroxylation is 2. The lowest BCUT2D eigenvalue weighted by molar-refractivity contribution is 0.0991. The highest BCUT2D eigenvalue weighted by Crippen LogP contribution is 2.33. The van der Waals surface area contributed by atoms with Gasteiger partial charge in [0, 0.05) is 46.0 Å². The molecular weight excluding hydrogens is 484 g/mol. The highest BCUT2D eigenvalue weighted by Gasteiger charge is 2.22. The number of thiophene rings is 1. The first-order chi connectivity index (χ1) is 18.0. The van der Waals surface area contributed by atoms with E-state index in [1.54, 1.807) is 11.3 Å². The van der Waals surface area contributed by atoms with Crippen molar-refractivity contribution in [2.75, 3.05) is 13.2 Å². The van der Waals surface area contributed by atoms with Gasteiger partial charge in [0.2, 0.25) is 0 Å². The zero-order valence-electron chi connectivity index (χ0n) is 21.1. The third kappa shape index (κ3) is 6.25. The Morgan fingerprint density at radius 3 is 2.76 bits per heavy atom. The molecule has 0 aliphatic carbocycles. The van der Waals surface area contributed by atoms with Gasteiger partial charge in [0.05, 0.1) is 0 Å². The van der Waals surface area contributed by atoms with E-state index in [9.17, 15) is 5.11 Å². The number of tetrazole rings is 1. The molecule has 4 N–H and O–H groups in total. The number of aromatic nitrogens is 5. The standard InChI is InChI=1S/C28H32N6O2S/c1-28(2,30-17-21(35)18-36-24-10-4-3-8-23(24)25-11-6-14-37-25)15-20-16-29-27-19(7-5-9-22(20)27)12-13-26-31-33-34-32-26/h3-11,14,16,21,29-30,35H,12-13,15,17-18H2,1-2H3,(H,31,32,33,34)/t21-/m0/s1. The first-order valence-electron chi connectivity index (χ1n) is 12.5. The van der Waals surface area contributed by atoms with Crippen LogP contribution < -0.4 is 10.1 Å². The van der Waals surface area contributed by atoms with Gasteiger partial charge >= 0.3 is 0 Å². The Labute approximate surface area is 220 Å². The van der Waals surface area contributed by atoms with Crippen LogP contribution in [0.1, 0.15) is 30.8 Å². The fraction of sp³-hybridized carbons (Fsp3) is 0.321. The molecule has 192 valence electrons. The second kappa shape index (κ2) is 11.2. The molecule has 1 atom stereocenters. The lowest BCUT2D eigenvalue weighted by Gasteiger charge is -2.28. The van der Waals surface area contributed by atoms with Crippen LogP contribution in [0.3, 0.4) is 0 Å². The molecule has 0 aliphatic rings. The quantitative estimate of drug-likeness (QED) is 0.194. The summed E-state index contributed by atoms with van der Waals surface area (Å²) in [4.78, 5) is 4.62. The molecule has 3 heterocycles. The van der Waals surface area contributed by atoms with Crippen LogP contribution in [0.2, 0.25) is 0 Å². The average Bonchev–Trinajstić information content (AvgIpc) is 3.68. The van der Waals surface area contributed by atoms with E-state index in [4.69, 9.17) is 4.74 Å². The maximum absolute atomic E-state index is 10.7. The van der Waals surface area contributed by atoms with Crippen molar-refractivity contribution in [2.45, 2.75) is 44.8 Å². The molecule has 0 saturated carbocycles. The Balaban J connectivity index is 1.17. The Bertz CT molecular complexity index is 1410. The van der Waals surface area contributed by atoms with E-state index in [-0.39, 0.29) is 12.1 Å². The second-order valence-electron chi connectivity index (χ2n) is 9.86. The summed E-state index contributed by atoms with van der Waals surface area (Å²) >= 11 is 1.68. The summed E-state index contributed by atoms with van der Waals surface area (Å²) in [6.45, 7) is 4.98. The predicted molar refractivity (Wildman–Crippen MR) is 147 cm³/mol. The van der Waals surface area contributed by atoms with Crippen LogP contribution >= 0.6 is 11.3 Å². The van der Waals surface area contributed by atoms with E-state index in [2.05, 4.69) is 80.6 Å². The number of nitrogens with one attached hydrogen (secondary N) is 3. The normalized spacial score (nSPS) is 12.7. The number of hydrogen-bond donors (Lipinski definition) is 4. The summed E-state index contributed by atoms with van der Waals surface area (Å²) < 4.78 is 6.01. The Morgan fingerprint density at radius 2 is 1.95 bits per heavy atom. The van der Waals surface area contributed by atoms with Gasteiger partial charge in [-0.05, 0) is 61.4 Å². The fourth-order valence-electron chi connectivity index (χ4n) is 4.57. The number of para-hydroxylation sites is 2. The van der Waals surface area contributed by atoms with E-state index in [0.717, 1.165) is 41.0 Å². The molecule has 9 heteroatoms. The van der Waals surface area contributed by atoms with Gasteiger partial charge < -0.3 is 20.1 Å². The topological polar surface area (TPSA) is 112 Å². The number of aliphatic hydroxyl groups excluding tert-OH is 1. The van der Waals surface area contributed by atoms with Crippen molar-refractivity contribution < 1.29 is 9.84 Å². The summed E-state index contributed by atoms with van der Waals surface area (Å²) in [7, 11) is 0. The lowest BCUT2D eigenvalue weighted by Crippen LogP contribution is -2.46. The number of rotatable bonds is 12.